The van der Waals surface area contributed by atoms with E-state index in [-0.39, 0.29) is 18.3 Å². The molecule has 1 fully saturated rings. The zero-order valence-corrected chi connectivity index (χ0v) is 24.7. The first-order valence-electron chi connectivity index (χ1n) is 13.6. The number of benzene rings is 2. The van der Waals surface area contributed by atoms with Gasteiger partial charge in [0, 0.05) is 11.9 Å². The molecule has 1 aromatic heterocycles. The van der Waals surface area contributed by atoms with Crippen LogP contribution in [0.4, 0.5) is 8.78 Å². The molecule has 43 heavy (non-hydrogen) atoms. The Bertz CT molecular complexity index is 1480. The molecule has 11 nitrogen and oxygen atoms in total. The fourth-order valence-electron chi connectivity index (χ4n) is 4.29. The van der Waals surface area contributed by atoms with Crippen molar-refractivity contribution in [3.05, 3.63) is 94.7 Å². The van der Waals surface area contributed by atoms with E-state index < -0.39 is 56.4 Å². The zero-order chi connectivity index (χ0) is 31.2. The Hall–Kier alpha value is -3.48. The molecule has 2 N–H and O–H groups in total. The highest BCUT2D eigenvalue weighted by atomic mass is 31.2. The van der Waals surface area contributed by atoms with Crippen molar-refractivity contribution < 1.29 is 41.8 Å². The summed E-state index contributed by atoms with van der Waals surface area (Å²) in [5, 5.41) is 12.9. The Morgan fingerprint density at radius 1 is 1.12 bits per heavy atom. The van der Waals surface area contributed by atoms with Crippen molar-refractivity contribution in [1.82, 2.24) is 14.6 Å². The molecule has 0 bridgehead atoms. The second kappa shape index (κ2) is 13.9. The number of aliphatic hydroxyl groups excluding tert-OH is 1. The van der Waals surface area contributed by atoms with Gasteiger partial charge in [-0.3, -0.25) is 13.9 Å². The lowest BCUT2D eigenvalue weighted by atomic mass is 10.1. The number of para-hydroxylation sites is 1. The number of carbonyl (C=O) groups is 1. The third-order valence-corrected chi connectivity index (χ3v) is 8.09. The summed E-state index contributed by atoms with van der Waals surface area (Å²) in [5.74, 6) is -4.42. The molecule has 0 aliphatic carbocycles. The van der Waals surface area contributed by atoms with Gasteiger partial charge in [0.05, 0.1) is 6.61 Å². The van der Waals surface area contributed by atoms with Gasteiger partial charge in [-0.05, 0) is 43.0 Å². The molecule has 4 rings (SSSR count). The number of alkyl halides is 2. The van der Waals surface area contributed by atoms with Crippen LogP contribution < -0.4 is 15.3 Å². The number of carbonyl (C=O) groups excluding carboxylic acids is 1. The molecule has 0 spiro atoms. The van der Waals surface area contributed by atoms with Gasteiger partial charge >= 0.3 is 25.3 Å². The number of hydrogen-bond donors (Lipinski definition) is 2. The van der Waals surface area contributed by atoms with Crippen LogP contribution in [0.15, 0.2) is 77.7 Å². The van der Waals surface area contributed by atoms with Gasteiger partial charge in [-0.2, -0.15) is 18.9 Å². The van der Waals surface area contributed by atoms with Crippen LogP contribution in [-0.2, 0) is 36.4 Å². The van der Waals surface area contributed by atoms with E-state index in [0.717, 1.165) is 11.8 Å². The standard InChI is InChI=1S/C29H34F2N3O8P/c1-19(2)16-22-14-15-34(28(37)32-22)27-29(30,31)25(35)24(41-27)18-40-43(38,42-23-12-8-5-9-13-23)33-20(3)26(36)39-17-21-10-6-4-7-11-21/h4-15,19-20,24-25,27,35H,16-18H2,1-3H3,(H,33,38)/t20-,24+,25+,27?,43?/m0/s1. The number of halogens is 2. The molecule has 2 heterocycles. The first-order chi connectivity index (χ1) is 20.4. The highest BCUT2D eigenvalue weighted by Gasteiger charge is 2.60. The van der Waals surface area contributed by atoms with E-state index in [1.54, 1.807) is 42.5 Å². The summed E-state index contributed by atoms with van der Waals surface area (Å²) in [6.45, 7) is 4.33. The SMILES string of the molecule is CC(C)Cc1ccn(C2O[C@H](COP(=O)(N[C@@H](C)C(=O)OCc3ccccc3)Oc3ccccc3)[C@@H](O)C2(F)F)c(=O)n1. The number of esters is 1. The maximum absolute atomic E-state index is 15.1. The molecule has 2 aromatic carbocycles. The predicted molar refractivity (Wildman–Crippen MR) is 151 cm³/mol. The van der Waals surface area contributed by atoms with Crippen LogP contribution in [0.25, 0.3) is 0 Å². The second-order valence-corrected chi connectivity index (χ2v) is 12.2. The summed E-state index contributed by atoms with van der Waals surface area (Å²) in [5.41, 5.74) is 0.188. The Kier molecular flexibility index (Phi) is 10.5. The maximum atomic E-state index is 15.1. The van der Waals surface area contributed by atoms with Crippen molar-refractivity contribution in [2.45, 2.75) is 64.2 Å². The average Bonchev–Trinajstić information content (AvgIpc) is 3.19. The zero-order valence-electron chi connectivity index (χ0n) is 23.8. The van der Waals surface area contributed by atoms with Crippen LogP contribution in [0.5, 0.6) is 5.75 Å². The molecule has 1 aliphatic heterocycles. The van der Waals surface area contributed by atoms with Crippen LogP contribution in [0.2, 0.25) is 0 Å². The number of nitrogens with zero attached hydrogens (tertiary/aromatic N) is 2. The Labute approximate surface area is 247 Å². The molecule has 3 aromatic rings. The van der Waals surface area contributed by atoms with Crippen LogP contribution in [0.3, 0.4) is 0 Å². The minimum absolute atomic E-state index is 0.0400. The third-order valence-electron chi connectivity index (χ3n) is 6.44. The smallest absolute Gasteiger partial charge is 0.459 e. The summed E-state index contributed by atoms with van der Waals surface area (Å²) in [4.78, 5) is 29.1. The van der Waals surface area contributed by atoms with E-state index in [1.165, 1.54) is 25.1 Å². The van der Waals surface area contributed by atoms with Crippen molar-refractivity contribution >= 4 is 13.7 Å². The van der Waals surface area contributed by atoms with Gasteiger partial charge < -0.3 is 19.1 Å². The molecule has 0 saturated carbocycles. The maximum Gasteiger partial charge on any atom is 0.459 e. The quantitative estimate of drug-likeness (QED) is 0.210. The van der Waals surface area contributed by atoms with Crippen LogP contribution in [-0.4, -0.2) is 51.4 Å². The minimum Gasteiger partial charge on any atom is -0.460 e. The van der Waals surface area contributed by atoms with E-state index in [1.807, 2.05) is 19.9 Å². The number of aromatic nitrogens is 2. The van der Waals surface area contributed by atoms with Crippen molar-refractivity contribution in [2.75, 3.05) is 6.61 Å². The van der Waals surface area contributed by atoms with Gasteiger partial charge in [0.15, 0.2) is 6.10 Å². The first kappa shape index (κ1) is 32.4. The van der Waals surface area contributed by atoms with Gasteiger partial charge in [-0.1, -0.05) is 62.4 Å². The van der Waals surface area contributed by atoms with Gasteiger partial charge in [0.25, 0.3) is 0 Å². The molecule has 1 saturated heterocycles. The van der Waals surface area contributed by atoms with Crippen LogP contribution >= 0.6 is 7.75 Å². The number of aliphatic hydroxyl groups is 1. The highest BCUT2D eigenvalue weighted by Crippen LogP contribution is 2.48. The molecule has 232 valence electrons. The van der Waals surface area contributed by atoms with E-state index in [4.69, 9.17) is 18.5 Å². The van der Waals surface area contributed by atoms with Crippen molar-refractivity contribution in [3.8, 4) is 5.75 Å². The summed E-state index contributed by atoms with van der Waals surface area (Å²) in [7, 11) is -4.46. The number of rotatable bonds is 13. The van der Waals surface area contributed by atoms with Gasteiger partial charge in [-0.15, -0.1) is 0 Å². The van der Waals surface area contributed by atoms with Gasteiger partial charge in [-0.25, -0.2) is 9.36 Å². The molecule has 0 amide bonds. The van der Waals surface area contributed by atoms with E-state index in [2.05, 4.69) is 10.1 Å². The average molecular weight is 622 g/mol. The summed E-state index contributed by atoms with van der Waals surface area (Å²) >= 11 is 0. The topological polar surface area (TPSA) is 138 Å². The molecule has 0 radical (unpaired) electrons. The summed E-state index contributed by atoms with van der Waals surface area (Å²) < 4.78 is 66.3. The summed E-state index contributed by atoms with van der Waals surface area (Å²) in [6.07, 6.45) is -4.75. The molecular formula is C29H34F2N3O8P. The molecule has 5 atom stereocenters. The summed E-state index contributed by atoms with van der Waals surface area (Å²) in [6, 6.07) is 17.0. The first-order valence-corrected chi connectivity index (χ1v) is 15.2. The van der Waals surface area contributed by atoms with Gasteiger partial charge in [0.1, 0.15) is 24.5 Å². The normalized spacial score (nSPS) is 21.7. The number of ether oxygens (including phenoxy) is 2. The predicted octanol–water partition coefficient (Wildman–Crippen LogP) is 4.26. The lowest BCUT2D eigenvalue weighted by Crippen LogP contribution is -2.42. The lowest BCUT2D eigenvalue weighted by molar-refractivity contribution is -0.146. The Morgan fingerprint density at radius 3 is 2.40 bits per heavy atom. The monoisotopic (exact) mass is 621 g/mol. The largest absolute Gasteiger partial charge is 0.460 e. The van der Waals surface area contributed by atoms with E-state index in [0.29, 0.717) is 16.7 Å². The molecule has 14 heteroatoms. The van der Waals surface area contributed by atoms with Crippen molar-refractivity contribution in [3.63, 3.8) is 0 Å². The van der Waals surface area contributed by atoms with E-state index in [9.17, 15) is 19.3 Å². The molecule has 1 aliphatic rings. The fourth-order valence-corrected chi connectivity index (χ4v) is 5.79. The van der Waals surface area contributed by atoms with Gasteiger partial charge in [0.2, 0.25) is 6.23 Å². The fraction of sp³-hybridized carbons (Fsp3) is 0.414. The lowest BCUT2D eigenvalue weighted by Gasteiger charge is -2.24. The second-order valence-electron chi connectivity index (χ2n) is 10.5. The Morgan fingerprint density at radius 2 is 1.77 bits per heavy atom. The van der Waals surface area contributed by atoms with Crippen molar-refractivity contribution in [1.29, 1.82) is 0 Å². The third kappa shape index (κ3) is 8.33. The minimum atomic E-state index is -4.46. The molecule has 2 unspecified atom stereocenters. The highest BCUT2D eigenvalue weighted by molar-refractivity contribution is 7.52. The van der Waals surface area contributed by atoms with E-state index >= 15 is 8.78 Å². The van der Waals surface area contributed by atoms with Crippen molar-refractivity contribution in [2.24, 2.45) is 5.92 Å². The van der Waals surface area contributed by atoms with Crippen LogP contribution in [0, 0.1) is 5.92 Å². The Balaban J connectivity index is 1.47. The number of nitrogens with one attached hydrogen (secondary N) is 1. The number of hydrogen-bond acceptors (Lipinski definition) is 9. The van der Waals surface area contributed by atoms with Crippen LogP contribution in [0.1, 0.15) is 38.3 Å². The molecular weight excluding hydrogens is 587 g/mol.